The number of hydrogen-bond acceptors (Lipinski definition) is 7. The van der Waals surface area contributed by atoms with Crippen LogP contribution in [0, 0.1) is 0 Å². The molecule has 0 unspecified atom stereocenters. The number of para-hydroxylation sites is 1. The van der Waals surface area contributed by atoms with Crippen molar-refractivity contribution in [1.82, 2.24) is 4.90 Å². The Bertz CT molecular complexity index is 1320. The highest BCUT2D eigenvalue weighted by Crippen LogP contribution is 2.37. The van der Waals surface area contributed by atoms with E-state index < -0.39 is 24.4 Å². The maximum atomic E-state index is 13.0. The van der Waals surface area contributed by atoms with Gasteiger partial charge in [-0.25, -0.2) is 4.79 Å². The molecule has 0 N–H and O–H groups in total. The molecule has 5 rings (SSSR count). The molecule has 3 aromatic rings. The third kappa shape index (κ3) is 4.46. The molecule has 0 saturated heterocycles. The van der Waals surface area contributed by atoms with E-state index in [9.17, 15) is 19.2 Å². The molecule has 9 heteroatoms. The van der Waals surface area contributed by atoms with Gasteiger partial charge in [-0.05, 0) is 48.9 Å². The molecular weight excluding hydrogens is 468 g/mol. The van der Waals surface area contributed by atoms with Crippen molar-refractivity contribution in [3.05, 3.63) is 83.3 Å². The van der Waals surface area contributed by atoms with Crippen LogP contribution in [-0.4, -0.2) is 47.0 Å². The molecular formula is C26H22N2O6S. The summed E-state index contributed by atoms with van der Waals surface area (Å²) in [6.45, 7) is 2.22. The van der Waals surface area contributed by atoms with Crippen molar-refractivity contribution in [2.24, 2.45) is 0 Å². The quantitative estimate of drug-likeness (QED) is 0.391. The molecule has 0 bridgehead atoms. The first kappa shape index (κ1) is 22.9. The zero-order valence-electron chi connectivity index (χ0n) is 18.9. The second kappa shape index (κ2) is 9.42. The number of carbonyl (C=O) groups excluding carboxylic acids is 4. The molecule has 35 heavy (non-hydrogen) atoms. The Morgan fingerprint density at radius 1 is 1.06 bits per heavy atom. The Morgan fingerprint density at radius 3 is 2.66 bits per heavy atom. The van der Waals surface area contributed by atoms with Crippen LogP contribution in [0.4, 0.5) is 5.69 Å². The molecule has 0 fully saturated rings. The number of ether oxygens (including phenoxy) is 1. The Labute approximate surface area is 205 Å². The standard InChI is InChI=1S/C26H22N2O6S/c1-16-10-11-27(21-6-2-3-7-22(21)35-16)23(29)15-34-26(32)17-8-9-19-20(13-17)25(31)28(24(19)30)14-18-5-4-12-33-18/h2-9,12-13,16H,10-11,14-15H2,1H3/t16-/m1/s1. The van der Waals surface area contributed by atoms with Crippen LogP contribution in [-0.2, 0) is 16.1 Å². The van der Waals surface area contributed by atoms with Gasteiger partial charge in [0.05, 0.1) is 35.2 Å². The number of carbonyl (C=O) groups is 4. The Balaban J connectivity index is 1.27. The van der Waals surface area contributed by atoms with Gasteiger partial charge in [0.2, 0.25) is 0 Å². The highest BCUT2D eigenvalue weighted by molar-refractivity contribution is 8.00. The molecule has 0 saturated carbocycles. The van der Waals surface area contributed by atoms with Gasteiger partial charge in [0, 0.05) is 16.7 Å². The lowest BCUT2D eigenvalue weighted by molar-refractivity contribution is -0.121. The maximum absolute atomic E-state index is 13.0. The molecule has 0 aliphatic carbocycles. The molecule has 178 valence electrons. The summed E-state index contributed by atoms with van der Waals surface area (Å²) in [5.74, 6) is -1.56. The molecule has 3 heterocycles. The third-order valence-corrected chi connectivity index (χ3v) is 7.21. The second-order valence-corrected chi connectivity index (χ2v) is 9.82. The van der Waals surface area contributed by atoms with Crippen molar-refractivity contribution in [3.8, 4) is 0 Å². The van der Waals surface area contributed by atoms with Crippen LogP contribution >= 0.6 is 11.8 Å². The first-order chi connectivity index (χ1) is 16.9. The van der Waals surface area contributed by atoms with Gasteiger partial charge in [0.25, 0.3) is 17.7 Å². The van der Waals surface area contributed by atoms with E-state index >= 15 is 0 Å². The molecule has 3 amide bonds. The van der Waals surface area contributed by atoms with E-state index in [0.29, 0.717) is 17.6 Å². The predicted octanol–water partition coefficient (Wildman–Crippen LogP) is 4.15. The van der Waals surface area contributed by atoms with Gasteiger partial charge in [-0.15, -0.1) is 11.8 Å². The molecule has 2 aromatic carbocycles. The molecule has 2 aliphatic rings. The predicted molar refractivity (Wildman–Crippen MR) is 128 cm³/mol. The zero-order valence-corrected chi connectivity index (χ0v) is 19.7. The number of anilines is 1. The summed E-state index contributed by atoms with van der Waals surface area (Å²) in [5, 5.41) is 0.357. The van der Waals surface area contributed by atoms with Gasteiger partial charge in [0.1, 0.15) is 5.76 Å². The maximum Gasteiger partial charge on any atom is 0.338 e. The second-order valence-electron chi connectivity index (χ2n) is 8.34. The number of imide groups is 1. The minimum Gasteiger partial charge on any atom is -0.467 e. The van der Waals surface area contributed by atoms with E-state index in [2.05, 4.69) is 6.92 Å². The van der Waals surface area contributed by atoms with Crippen LogP contribution in [0.3, 0.4) is 0 Å². The van der Waals surface area contributed by atoms with E-state index in [0.717, 1.165) is 21.9 Å². The molecule has 8 nitrogen and oxygen atoms in total. The van der Waals surface area contributed by atoms with Crippen LogP contribution in [0.2, 0.25) is 0 Å². The van der Waals surface area contributed by atoms with Crippen molar-refractivity contribution in [2.45, 2.75) is 30.0 Å². The summed E-state index contributed by atoms with van der Waals surface area (Å²) in [5.41, 5.74) is 1.23. The largest absolute Gasteiger partial charge is 0.467 e. The van der Waals surface area contributed by atoms with Gasteiger partial charge >= 0.3 is 5.97 Å². The number of thioether (sulfide) groups is 1. The summed E-state index contributed by atoms with van der Waals surface area (Å²) in [4.78, 5) is 54.8. The van der Waals surface area contributed by atoms with E-state index in [1.54, 1.807) is 28.8 Å². The van der Waals surface area contributed by atoms with Crippen LogP contribution < -0.4 is 4.90 Å². The lowest BCUT2D eigenvalue weighted by atomic mass is 10.1. The minimum atomic E-state index is -0.739. The first-order valence-electron chi connectivity index (χ1n) is 11.2. The van der Waals surface area contributed by atoms with Gasteiger partial charge < -0.3 is 14.1 Å². The summed E-state index contributed by atoms with van der Waals surface area (Å²) in [6.07, 6.45) is 2.28. The Hall–Kier alpha value is -3.85. The van der Waals surface area contributed by atoms with Crippen LogP contribution in [0.5, 0.6) is 0 Å². The fourth-order valence-corrected chi connectivity index (χ4v) is 5.27. The summed E-state index contributed by atoms with van der Waals surface area (Å²) < 4.78 is 10.5. The fourth-order valence-electron chi connectivity index (χ4n) is 4.15. The zero-order chi connectivity index (χ0) is 24.5. The fraction of sp³-hybridized carbons (Fsp3) is 0.231. The first-order valence-corrected chi connectivity index (χ1v) is 12.1. The number of hydrogen-bond donors (Lipinski definition) is 0. The van der Waals surface area contributed by atoms with Crippen molar-refractivity contribution in [2.75, 3.05) is 18.1 Å². The van der Waals surface area contributed by atoms with Gasteiger partial charge in [0.15, 0.2) is 6.61 Å². The summed E-state index contributed by atoms with van der Waals surface area (Å²) in [7, 11) is 0. The Kier molecular flexibility index (Phi) is 6.17. The molecule has 0 spiro atoms. The number of furan rings is 1. The SMILES string of the molecule is C[C@@H]1CCN(C(=O)COC(=O)c2ccc3c(c2)C(=O)N(Cc2ccco2)C3=O)c2ccccc2S1. The summed E-state index contributed by atoms with van der Waals surface area (Å²) in [6, 6.07) is 15.2. The third-order valence-electron chi connectivity index (χ3n) is 5.97. The molecule has 1 aromatic heterocycles. The monoisotopic (exact) mass is 490 g/mol. The van der Waals surface area contributed by atoms with Gasteiger partial charge in [-0.2, -0.15) is 0 Å². The number of rotatable bonds is 5. The van der Waals surface area contributed by atoms with E-state index in [1.807, 2.05) is 24.3 Å². The molecule has 2 aliphatic heterocycles. The highest BCUT2D eigenvalue weighted by Gasteiger charge is 2.36. The van der Waals surface area contributed by atoms with Crippen molar-refractivity contribution >= 4 is 41.1 Å². The van der Waals surface area contributed by atoms with Crippen molar-refractivity contribution in [1.29, 1.82) is 0 Å². The highest BCUT2D eigenvalue weighted by atomic mass is 32.2. The normalized spacial score (nSPS) is 17.1. The van der Waals surface area contributed by atoms with E-state index in [4.69, 9.17) is 9.15 Å². The van der Waals surface area contributed by atoms with Crippen LogP contribution in [0.25, 0.3) is 0 Å². The van der Waals surface area contributed by atoms with Gasteiger partial charge in [-0.1, -0.05) is 19.1 Å². The van der Waals surface area contributed by atoms with Crippen LogP contribution in [0.15, 0.2) is 70.2 Å². The topological polar surface area (TPSA) is 97.1 Å². The van der Waals surface area contributed by atoms with Crippen molar-refractivity contribution < 1.29 is 28.3 Å². The van der Waals surface area contributed by atoms with Crippen LogP contribution in [0.1, 0.15) is 50.2 Å². The number of fused-ring (bicyclic) bond motifs is 2. The van der Waals surface area contributed by atoms with Crippen molar-refractivity contribution in [3.63, 3.8) is 0 Å². The lowest BCUT2D eigenvalue weighted by Gasteiger charge is -2.22. The van der Waals surface area contributed by atoms with Gasteiger partial charge in [-0.3, -0.25) is 19.3 Å². The molecule has 1 atom stereocenters. The number of esters is 1. The molecule has 0 radical (unpaired) electrons. The van der Waals surface area contributed by atoms with E-state index in [1.165, 1.54) is 24.5 Å². The number of nitrogens with zero attached hydrogens (tertiary/aromatic N) is 2. The Morgan fingerprint density at radius 2 is 1.86 bits per heavy atom. The lowest BCUT2D eigenvalue weighted by Crippen LogP contribution is -2.35. The summed E-state index contributed by atoms with van der Waals surface area (Å²) >= 11 is 1.72. The van der Waals surface area contributed by atoms with E-state index in [-0.39, 0.29) is 29.1 Å². The number of amides is 3. The average molecular weight is 491 g/mol. The average Bonchev–Trinajstić information content (AvgIpc) is 3.41. The smallest absolute Gasteiger partial charge is 0.338 e. The minimum absolute atomic E-state index is 0.00183. The number of benzene rings is 2.